The summed E-state index contributed by atoms with van der Waals surface area (Å²) in [5.74, 6) is 1.27. The third kappa shape index (κ3) is 2.02. The Morgan fingerprint density at radius 2 is 1.89 bits per heavy atom. The van der Waals surface area contributed by atoms with Gasteiger partial charge in [0, 0.05) is 20.1 Å². The molecule has 0 radical (unpaired) electrons. The van der Waals surface area contributed by atoms with Crippen LogP contribution >= 0.6 is 15.9 Å². The summed E-state index contributed by atoms with van der Waals surface area (Å²) in [6.07, 6.45) is 1.50. The first kappa shape index (κ1) is 12.2. The van der Waals surface area contributed by atoms with Gasteiger partial charge in [0.15, 0.2) is 5.82 Å². The zero-order chi connectivity index (χ0) is 13.4. The molecular formula is C13H14BrN5. The van der Waals surface area contributed by atoms with E-state index < -0.39 is 0 Å². The van der Waals surface area contributed by atoms with Gasteiger partial charge in [0.25, 0.3) is 0 Å². The number of aromatic nitrogens is 2. The molecule has 1 aliphatic heterocycles. The zero-order valence-electron chi connectivity index (χ0n) is 10.5. The van der Waals surface area contributed by atoms with Crippen LogP contribution in [-0.2, 0) is 0 Å². The summed E-state index contributed by atoms with van der Waals surface area (Å²) < 4.78 is 0.745. The summed E-state index contributed by atoms with van der Waals surface area (Å²) in [5.41, 5.74) is 8.17. The van der Waals surface area contributed by atoms with Crippen LogP contribution in [0.5, 0.6) is 0 Å². The molecule has 2 N–H and O–H groups in total. The monoisotopic (exact) mass is 319 g/mol. The van der Waals surface area contributed by atoms with Gasteiger partial charge in [0.05, 0.1) is 11.4 Å². The number of fused-ring (bicyclic) bond motifs is 1. The van der Waals surface area contributed by atoms with E-state index in [2.05, 4.69) is 54.9 Å². The first-order valence-electron chi connectivity index (χ1n) is 6.02. The largest absolute Gasteiger partial charge is 0.383 e. The number of likely N-dealkylation sites (N-methyl/N-ethyl adjacent to an activating group) is 1. The van der Waals surface area contributed by atoms with Crippen molar-refractivity contribution < 1.29 is 0 Å². The number of nitrogens with two attached hydrogens (primary N) is 1. The SMILES string of the molecule is CN1CCN(c2ncnc(N)c2Br)c2ccccc21. The van der Waals surface area contributed by atoms with Crippen molar-refractivity contribution in [3.05, 3.63) is 35.1 Å². The Morgan fingerprint density at radius 1 is 1.16 bits per heavy atom. The molecule has 2 aromatic rings. The van der Waals surface area contributed by atoms with E-state index in [0.717, 1.165) is 29.1 Å². The minimum atomic E-state index is 0.460. The number of benzene rings is 1. The van der Waals surface area contributed by atoms with Gasteiger partial charge in [-0.05, 0) is 28.1 Å². The maximum atomic E-state index is 5.84. The Labute approximate surface area is 120 Å². The van der Waals surface area contributed by atoms with Crippen LogP contribution in [0.3, 0.4) is 0 Å². The van der Waals surface area contributed by atoms with Crippen LogP contribution in [0, 0.1) is 0 Å². The first-order chi connectivity index (χ1) is 9.18. The average Bonchev–Trinajstić information content (AvgIpc) is 2.43. The molecule has 6 heteroatoms. The zero-order valence-corrected chi connectivity index (χ0v) is 12.1. The maximum Gasteiger partial charge on any atom is 0.153 e. The highest BCUT2D eigenvalue weighted by molar-refractivity contribution is 9.10. The minimum Gasteiger partial charge on any atom is -0.383 e. The fraction of sp³-hybridized carbons (Fsp3) is 0.231. The topological polar surface area (TPSA) is 58.3 Å². The number of para-hydroxylation sites is 2. The third-order valence-electron chi connectivity index (χ3n) is 3.30. The molecule has 19 heavy (non-hydrogen) atoms. The fourth-order valence-electron chi connectivity index (χ4n) is 2.29. The number of hydrogen-bond donors (Lipinski definition) is 1. The third-order valence-corrected chi connectivity index (χ3v) is 4.06. The molecule has 0 bridgehead atoms. The molecular weight excluding hydrogens is 306 g/mol. The Hall–Kier alpha value is -1.82. The molecule has 0 unspecified atom stereocenters. The molecule has 2 heterocycles. The summed E-state index contributed by atoms with van der Waals surface area (Å²) in [6.45, 7) is 1.80. The van der Waals surface area contributed by atoms with Gasteiger partial charge in [-0.1, -0.05) is 12.1 Å². The van der Waals surface area contributed by atoms with E-state index in [1.165, 1.54) is 12.0 Å². The normalized spacial score (nSPS) is 14.4. The van der Waals surface area contributed by atoms with Crippen molar-refractivity contribution in [3.8, 4) is 0 Å². The molecule has 98 valence electrons. The van der Waals surface area contributed by atoms with Gasteiger partial charge in [-0.2, -0.15) is 0 Å². The Bertz CT molecular complexity index is 616. The Kier molecular flexibility index (Phi) is 3.02. The predicted molar refractivity (Wildman–Crippen MR) is 80.9 cm³/mol. The lowest BCUT2D eigenvalue weighted by molar-refractivity contribution is 0.810. The van der Waals surface area contributed by atoms with E-state index in [9.17, 15) is 0 Å². The lowest BCUT2D eigenvalue weighted by Crippen LogP contribution is -2.37. The number of nitrogen functional groups attached to an aromatic ring is 1. The highest BCUT2D eigenvalue weighted by atomic mass is 79.9. The first-order valence-corrected chi connectivity index (χ1v) is 6.81. The predicted octanol–water partition coefficient (Wildman–Crippen LogP) is 2.41. The van der Waals surface area contributed by atoms with Crippen molar-refractivity contribution in [2.75, 3.05) is 35.7 Å². The number of nitrogens with zero attached hydrogens (tertiary/aromatic N) is 4. The molecule has 0 saturated heterocycles. The van der Waals surface area contributed by atoms with Crippen LogP contribution in [0.2, 0.25) is 0 Å². The molecule has 0 saturated carbocycles. The van der Waals surface area contributed by atoms with Gasteiger partial charge in [0.2, 0.25) is 0 Å². The van der Waals surface area contributed by atoms with E-state index in [4.69, 9.17) is 5.73 Å². The Balaban J connectivity index is 2.12. The second kappa shape index (κ2) is 4.70. The van der Waals surface area contributed by atoms with Gasteiger partial charge in [-0.25, -0.2) is 9.97 Å². The van der Waals surface area contributed by atoms with Gasteiger partial charge < -0.3 is 15.5 Å². The van der Waals surface area contributed by atoms with Crippen molar-refractivity contribution in [2.24, 2.45) is 0 Å². The molecule has 0 fully saturated rings. The number of rotatable bonds is 1. The number of hydrogen-bond acceptors (Lipinski definition) is 5. The van der Waals surface area contributed by atoms with E-state index in [0.29, 0.717) is 5.82 Å². The summed E-state index contributed by atoms with van der Waals surface area (Å²) in [4.78, 5) is 12.7. The quantitative estimate of drug-likeness (QED) is 0.874. The molecule has 1 aromatic carbocycles. The van der Waals surface area contributed by atoms with Gasteiger partial charge in [-0.3, -0.25) is 0 Å². The molecule has 0 atom stereocenters. The second-order valence-electron chi connectivity index (χ2n) is 4.46. The number of halogens is 1. The lowest BCUT2D eigenvalue weighted by atomic mass is 10.1. The molecule has 1 aromatic heterocycles. The summed E-state index contributed by atoms with van der Waals surface area (Å²) in [6, 6.07) is 8.28. The van der Waals surface area contributed by atoms with Crippen LogP contribution in [0.15, 0.2) is 35.1 Å². The summed E-state index contributed by atoms with van der Waals surface area (Å²) in [5, 5.41) is 0. The van der Waals surface area contributed by atoms with E-state index in [1.54, 1.807) is 0 Å². The average molecular weight is 320 g/mol. The number of anilines is 4. The van der Waals surface area contributed by atoms with Gasteiger partial charge in [-0.15, -0.1) is 0 Å². The van der Waals surface area contributed by atoms with Crippen LogP contribution in [0.1, 0.15) is 0 Å². The van der Waals surface area contributed by atoms with Crippen LogP contribution in [0.25, 0.3) is 0 Å². The molecule has 1 aliphatic rings. The summed E-state index contributed by atoms with van der Waals surface area (Å²) >= 11 is 3.48. The van der Waals surface area contributed by atoms with Crippen LogP contribution in [0.4, 0.5) is 23.0 Å². The van der Waals surface area contributed by atoms with E-state index in [1.807, 2.05) is 12.1 Å². The van der Waals surface area contributed by atoms with Crippen molar-refractivity contribution in [2.45, 2.75) is 0 Å². The van der Waals surface area contributed by atoms with Crippen molar-refractivity contribution in [3.63, 3.8) is 0 Å². The van der Waals surface area contributed by atoms with Crippen LogP contribution in [-0.4, -0.2) is 30.1 Å². The van der Waals surface area contributed by atoms with Gasteiger partial charge >= 0.3 is 0 Å². The maximum absolute atomic E-state index is 5.84. The molecule has 0 aliphatic carbocycles. The fourth-order valence-corrected chi connectivity index (χ4v) is 2.71. The second-order valence-corrected chi connectivity index (χ2v) is 5.25. The smallest absolute Gasteiger partial charge is 0.153 e. The molecule has 0 amide bonds. The van der Waals surface area contributed by atoms with Crippen LogP contribution < -0.4 is 15.5 Å². The van der Waals surface area contributed by atoms with Crippen molar-refractivity contribution in [1.82, 2.24) is 9.97 Å². The van der Waals surface area contributed by atoms with Crippen molar-refractivity contribution >= 4 is 38.9 Å². The Morgan fingerprint density at radius 3 is 2.68 bits per heavy atom. The molecule has 0 spiro atoms. The van der Waals surface area contributed by atoms with E-state index >= 15 is 0 Å². The molecule has 3 rings (SSSR count). The minimum absolute atomic E-state index is 0.460. The lowest BCUT2D eigenvalue weighted by Gasteiger charge is -2.36. The summed E-state index contributed by atoms with van der Waals surface area (Å²) in [7, 11) is 2.10. The molecule has 5 nitrogen and oxygen atoms in total. The van der Waals surface area contributed by atoms with Gasteiger partial charge in [0.1, 0.15) is 16.6 Å². The highest BCUT2D eigenvalue weighted by Crippen LogP contribution is 2.39. The van der Waals surface area contributed by atoms with Crippen molar-refractivity contribution in [1.29, 1.82) is 0 Å². The standard InChI is InChI=1S/C13H14BrN5/c1-18-6-7-19(10-5-3-2-4-9(10)18)13-11(14)12(15)16-8-17-13/h2-5,8H,6-7H2,1H3,(H2,15,16,17). The highest BCUT2D eigenvalue weighted by Gasteiger charge is 2.24. The van der Waals surface area contributed by atoms with E-state index in [-0.39, 0.29) is 0 Å².